The van der Waals surface area contributed by atoms with Gasteiger partial charge in [0.25, 0.3) is 5.91 Å². The van der Waals surface area contributed by atoms with Gasteiger partial charge in [0, 0.05) is 32.9 Å². The maximum Gasteiger partial charge on any atom is 0.318 e. The van der Waals surface area contributed by atoms with Crippen LogP contribution < -0.4 is 9.64 Å². The van der Waals surface area contributed by atoms with E-state index < -0.39 is 0 Å². The number of hydrogen-bond donors (Lipinski definition) is 0. The minimum absolute atomic E-state index is 0.0435. The number of amides is 1. The summed E-state index contributed by atoms with van der Waals surface area (Å²) in [7, 11) is 3.46. The standard InChI is InChI=1S/C20H26N4O2/c1-5-14(2)16-8-6-15(7-9-16)13-24-11-10-23(3)18-17(19(24)25)12-21-20(22-18)26-4/h6-9,12,14H,5,10-11,13H2,1-4H3. The highest BCUT2D eigenvalue weighted by Crippen LogP contribution is 2.25. The van der Waals surface area contributed by atoms with E-state index in [1.807, 2.05) is 16.8 Å². The molecule has 6 heteroatoms. The molecule has 0 fully saturated rings. The fourth-order valence-electron chi connectivity index (χ4n) is 3.10. The SMILES string of the molecule is CCC(C)c1ccc(CN2CCN(C)c3nc(OC)ncc3C2=O)cc1. The Morgan fingerprint density at radius 2 is 1.96 bits per heavy atom. The fraction of sp³-hybridized carbons (Fsp3) is 0.450. The highest BCUT2D eigenvalue weighted by molar-refractivity contribution is 5.99. The number of carbonyl (C=O) groups is 1. The molecule has 1 amide bonds. The predicted octanol–water partition coefficient (Wildman–Crippen LogP) is 3.09. The van der Waals surface area contributed by atoms with Crippen molar-refractivity contribution in [2.24, 2.45) is 0 Å². The normalized spacial score (nSPS) is 15.5. The topological polar surface area (TPSA) is 58.6 Å². The van der Waals surface area contributed by atoms with Gasteiger partial charge in [0.1, 0.15) is 11.4 Å². The highest BCUT2D eigenvalue weighted by Gasteiger charge is 2.27. The molecule has 26 heavy (non-hydrogen) atoms. The Hall–Kier alpha value is -2.63. The molecule has 0 radical (unpaired) electrons. The summed E-state index contributed by atoms with van der Waals surface area (Å²) in [6.45, 7) is 6.36. The van der Waals surface area contributed by atoms with Crippen molar-refractivity contribution in [3.8, 4) is 6.01 Å². The lowest BCUT2D eigenvalue weighted by atomic mass is 9.97. The van der Waals surface area contributed by atoms with Gasteiger partial charge in [-0.15, -0.1) is 0 Å². The fourth-order valence-corrected chi connectivity index (χ4v) is 3.10. The van der Waals surface area contributed by atoms with Gasteiger partial charge >= 0.3 is 6.01 Å². The summed E-state index contributed by atoms with van der Waals surface area (Å²) in [6.07, 6.45) is 2.68. The summed E-state index contributed by atoms with van der Waals surface area (Å²) in [6, 6.07) is 8.85. The molecule has 0 saturated heterocycles. The van der Waals surface area contributed by atoms with Crippen molar-refractivity contribution < 1.29 is 9.53 Å². The van der Waals surface area contributed by atoms with Gasteiger partial charge in [0.05, 0.1) is 7.11 Å². The molecule has 0 bridgehead atoms. The van der Waals surface area contributed by atoms with Crippen molar-refractivity contribution in [3.63, 3.8) is 0 Å². The van der Waals surface area contributed by atoms with E-state index in [9.17, 15) is 4.79 Å². The third kappa shape index (κ3) is 3.64. The zero-order chi connectivity index (χ0) is 18.7. The molecule has 0 aliphatic carbocycles. The van der Waals surface area contributed by atoms with Crippen LogP contribution in [0.15, 0.2) is 30.5 Å². The third-order valence-corrected chi connectivity index (χ3v) is 5.05. The van der Waals surface area contributed by atoms with Crippen LogP contribution in [0.1, 0.15) is 47.7 Å². The maximum absolute atomic E-state index is 13.0. The zero-order valence-corrected chi connectivity index (χ0v) is 15.9. The van der Waals surface area contributed by atoms with Crippen LogP contribution in [-0.4, -0.2) is 48.0 Å². The molecule has 0 N–H and O–H groups in total. The summed E-state index contributed by atoms with van der Waals surface area (Å²) in [5.41, 5.74) is 2.98. The largest absolute Gasteiger partial charge is 0.467 e. The van der Waals surface area contributed by atoms with Crippen LogP contribution in [-0.2, 0) is 6.54 Å². The lowest BCUT2D eigenvalue weighted by Gasteiger charge is -2.21. The molecule has 138 valence electrons. The Balaban J connectivity index is 1.81. The van der Waals surface area contributed by atoms with Crippen LogP contribution in [0.4, 0.5) is 5.82 Å². The summed E-state index contributed by atoms with van der Waals surface area (Å²) >= 11 is 0. The number of aromatic nitrogens is 2. The molecule has 1 unspecified atom stereocenters. The van der Waals surface area contributed by atoms with Crippen molar-refractivity contribution >= 4 is 11.7 Å². The summed E-state index contributed by atoms with van der Waals surface area (Å²) < 4.78 is 5.09. The molecule has 0 saturated carbocycles. The van der Waals surface area contributed by atoms with E-state index >= 15 is 0 Å². The molecule has 2 heterocycles. The van der Waals surface area contributed by atoms with Gasteiger partial charge in [-0.1, -0.05) is 38.1 Å². The van der Waals surface area contributed by atoms with Gasteiger partial charge in [-0.3, -0.25) is 4.79 Å². The number of anilines is 1. The number of carbonyl (C=O) groups excluding carboxylic acids is 1. The molecule has 2 aromatic rings. The second-order valence-electron chi connectivity index (χ2n) is 6.79. The Kier molecular flexibility index (Phi) is 5.40. The first kappa shape index (κ1) is 18.2. The Labute approximate surface area is 154 Å². The highest BCUT2D eigenvalue weighted by atomic mass is 16.5. The van der Waals surface area contributed by atoms with Gasteiger partial charge in [0.2, 0.25) is 0 Å². The van der Waals surface area contributed by atoms with Gasteiger partial charge in [-0.25, -0.2) is 4.98 Å². The molecule has 0 spiro atoms. The van der Waals surface area contributed by atoms with Gasteiger partial charge in [-0.2, -0.15) is 4.98 Å². The van der Waals surface area contributed by atoms with Crippen LogP contribution in [0.5, 0.6) is 6.01 Å². The lowest BCUT2D eigenvalue weighted by Crippen LogP contribution is -2.33. The smallest absolute Gasteiger partial charge is 0.318 e. The van der Waals surface area contributed by atoms with E-state index in [1.165, 1.54) is 12.7 Å². The first-order chi connectivity index (χ1) is 12.5. The van der Waals surface area contributed by atoms with Crippen molar-refractivity contribution in [2.45, 2.75) is 32.7 Å². The molecule has 1 aliphatic rings. The quantitative estimate of drug-likeness (QED) is 0.826. The van der Waals surface area contributed by atoms with E-state index in [-0.39, 0.29) is 11.9 Å². The lowest BCUT2D eigenvalue weighted by molar-refractivity contribution is 0.0754. The second-order valence-corrected chi connectivity index (χ2v) is 6.79. The molecule has 1 aromatic carbocycles. The van der Waals surface area contributed by atoms with Crippen LogP contribution in [0.3, 0.4) is 0 Å². The van der Waals surface area contributed by atoms with Gasteiger partial charge in [0.15, 0.2) is 0 Å². The maximum atomic E-state index is 13.0. The van der Waals surface area contributed by atoms with E-state index in [4.69, 9.17) is 4.74 Å². The molecule has 1 aliphatic heterocycles. The Morgan fingerprint density at radius 1 is 1.23 bits per heavy atom. The van der Waals surface area contributed by atoms with Gasteiger partial charge in [-0.05, 0) is 23.5 Å². The number of likely N-dealkylation sites (N-methyl/N-ethyl adjacent to an activating group) is 1. The number of ether oxygens (including phenoxy) is 1. The van der Waals surface area contributed by atoms with Crippen molar-refractivity contribution in [1.82, 2.24) is 14.9 Å². The van der Waals surface area contributed by atoms with Crippen molar-refractivity contribution in [2.75, 3.05) is 32.1 Å². The molecule has 1 atom stereocenters. The molecule has 1 aromatic heterocycles. The van der Waals surface area contributed by atoms with E-state index in [2.05, 4.69) is 48.1 Å². The molecule has 3 rings (SSSR count). The number of fused-ring (bicyclic) bond motifs is 1. The summed E-state index contributed by atoms with van der Waals surface area (Å²) in [4.78, 5) is 25.3. The second kappa shape index (κ2) is 7.72. The van der Waals surface area contributed by atoms with E-state index in [0.29, 0.717) is 36.9 Å². The number of rotatable bonds is 5. The number of hydrogen-bond acceptors (Lipinski definition) is 5. The van der Waals surface area contributed by atoms with Gasteiger partial charge < -0.3 is 14.5 Å². The first-order valence-corrected chi connectivity index (χ1v) is 9.03. The molecule has 6 nitrogen and oxygen atoms in total. The molecular weight excluding hydrogens is 328 g/mol. The van der Waals surface area contributed by atoms with Crippen LogP contribution in [0.25, 0.3) is 0 Å². The van der Waals surface area contributed by atoms with Crippen LogP contribution in [0.2, 0.25) is 0 Å². The summed E-state index contributed by atoms with van der Waals surface area (Å²) in [5, 5.41) is 0. The third-order valence-electron chi connectivity index (χ3n) is 5.05. The Bertz CT molecular complexity index is 776. The monoisotopic (exact) mass is 354 g/mol. The predicted molar refractivity (Wildman–Crippen MR) is 102 cm³/mol. The van der Waals surface area contributed by atoms with Crippen molar-refractivity contribution in [3.05, 3.63) is 47.2 Å². The van der Waals surface area contributed by atoms with E-state index in [0.717, 1.165) is 12.0 Å². The van der Waals surface area contributed by atoms with E-state index in [1.54, 1.807) is 6.20 Å². The minimum atomic E-state index is -0.0435. The first-order valence-electron chi connectivity index (χ1n) is 9.03. The zero-order valence-electron chi connectivity index (χ0n) is 15.9. The minimum Gasteiger partial charge on any atom is -0.467 e. The number of methoxy groups -OCH3 is 1. The average Bonchev–Trinajstić information content (AvgIpc) is 2.79. The van der Waals surface area contributed by atoms with Crippen LogP contribution >= 0.6 is 0 Å². The van der Waals surface area contributed by atoms with Crippen LogP contribution in [0, 0.1) is 0 Å². The molecular formula is C20H26N4O2. The number of benzene rings is 1. The summed E-state index contributed by atoms with van der Waals surface area (Å²) in [5.74, 6) is 1.13. The van der Waals surface area contributed by atoms with Crippen molar-refractivity contribution in [1.29, 1.82) is 0 Å². The average molecular weight is 354 g/mol. The Morgan fingerprint density at radius 3 is 2.62 bits per heavy atom. The number of nitrogens with zero attached hydrogens (tertiary/aromatic N) is 4.